The molecule has 0 radical (unpaired) electrons. The molecule has 1 N–H and O–H groups in total. The molecule has 0 aliphatic heterocycles. The predicted molar refractivity (Wildman–Crippen MR) is 131 cm³/mol. The van der Waals surface area contributed by atoms with Gasteiger partial charge in [0.15, 0.2) is 0 Å². The summed E-state index contributed by atoms with van der Waals surface area (Å²) in [4.78, 5) is 29.7. The lowest BCUT2D eigenvalue weighted by molar-refractivity contribution is -0.151. The minimum Gasteiger partial charge on any atom is -0.453 e. The van der Waals surface area contributed by atoms with Gasteiger partial charge in [-0.1, -0.05) is 76.2 Å². The van der Waals surface area contributed by atoms with Gasteiger partial charge in [-0.05, 0) is 48.3 Å². The Kier molecular flexibility index (Phi) is 8.74. The van der Waals surface area contributed by atoms with Crippen molar-refractivity contribution in [1.29, 1.82) is 0 Å². The number of benzene rings is 2. The van der Waals surface area contributed by atoms with Crippen molar-refractivity contribution in [3.63, 3.8) is 0 Å². The molecule has 0 aromatic heterocycles. The number of hydrazine groups is 1. The van der Waals surface area contributed by atoms with Crippen LogP contribution in [0.25, 0.3) is 5.53 Å². The summed E-state index contributed by atoms with van der Waals surface area (Å²) >= 11 is 0. The van der Waals surface area contributed by atoms with Crippen molar-refractivity contribution in [2.24, 2.45) is 17.8 Å². The minimum atomic E-state index is -0.654. The molecule has 0 spiro atoms. The first-order chi connectivity index (χ1) is 16.3. The first-order valence-electron chi connectivity index (χ1n) is 11.9. The monoisotopic (exact) mass is 462 g/mol. The average Bonchev–Trinajstić information content (AvgIpc) is 3.66. The van der Waals surface area contributed by atoms with Crippen LogP contribution in [0.1, 0.15) is 56.5 Å². The highest BCUT2D eigenvalue weighted by Crippen LogP contribution is 2.36. The van der Waals surface area contributed by atoms with Crippen LogP contribution in [0.3, 0.4) is 0 Å². The lowest BCUT2D eigenvalue weighted by Gasteiger charge is -2.30. The summed E-state index contributed by atoms with van der Waals surface area (Å²) in [7, 11) is 0. The molecule has 2 aromatic rings. The molecule has 0 saturated heterocycles. The lowest BCUT2D eigenvalue weighted by atomic mass is 9.96. The minimum absolute atomic E-state index is 0.0646. The van der Waals surface area contributed by atoms with E-state index in [0.29, 0.717) is 12.1 Å². The topological polar surface area (TPSA) is 95.0 Å². The Hall–Kier alpha value is -3.28. The third kappa shape index (κ3) is 6.62. The molecule has 0 heterocycles. The van der Waals surface area contributed by atoms with Crippen LogP contribution in [-0.2, 0) is 16.1 Å². The van der Waals surface area contributed by atoms with Gasteiger partial charge >= 0.3 is 11.7 Å². The quantitative estimate of drug-likeness (QED) is 0.175. The fraction of sp³-hybridized carbons (Fsp3) is 0.444. The number of amides is 1. The van der Waals surface area contributed by atoms with E-state index < -0.39 is 12.0 Å². The smallest absolute Gasteiger partial charge is 0.419 e. The normalized spacial score (nSPS) is 14.2. The van der Waals surface area contributed by atoms with Crippen molar-refractivity contribution in [3.05, 3.63) is 77.3 Å². The molecule has 7 nitrogen and oxygen atoms in total. The van der Waals surface area contributed by atoms with Crippen molar-refractivity contribution in [3.8, 4) is 0 Å². The second kappa shape index (κ2) is 11.7. The maximum atomic E-state index is 13.2. The van der Waals surface area contributed by atoms with E-state index in [-0.39, 0.29) is 35.5 Å². The number of nitrogens with zero attached hydrogens (tertiary/aromatic N) is 3. The Morgan fingerprint density at radius 3 is 2.06 bits per heavy atom. The largest absolute Gasteiger partial charge is 0.453 e. The fourth-order valence-corrected chi connectivity index (χ4v) is 4.26. The Labute approximate surface area is 201 Å². The van der Waals surface area contributed by atoms with Crippen molar-refractivity contribution < 1.29 is 19.1 Å². The third-order valence-electron chi connectivity index (χ3n) is 6.04. The number of carbonyl (C=O) groups excluding carboxylic acids is 2. The van der Waals surface area contributed by atoms with Crippen LogP contribution in [0.5, 0.6) is 0 Å². The summed E-state index contributed by atoms with van der Waals surface area (Å²) in [6.45, 7) is 8.31. The third-order valence-corrected chi connectivity index (χ3v) is 6.04. The fourth-order valence-electron chi connectivity index (χ4n) is 4.26. The SMILES string of the molecule is CC(C)C(OC(=O)C(=[N+]=[N-])[C@@H](C1CC1)N(Cc1ccccc1)NC(=O)c1ccccc1)C(C)C. The molecule has 180 valence electrons. The molecule has 1 fully saturated rings. The molecule has 0 bridgehead atoms. The summed E-state index contributed by atoms with van der Waals surface area (Å²) in [6.07, 6.45) is 1.41. The number of hydrogen-bond acceptors (Lipinski definition) is 4. The number of hydrogen-bond donors (Lipinski definition) is 1. The van der Waals surface area contributed by atoms with Crippen LogP contribution in [0.2, 0.25) is 0 Å². The Morgan fingerprint density at radius 2 is 1.56 bits per heavy atom. The van der Waals surface area contributed by atoms with Gasteiger partial charge in [-0.3, -0.25) is 10.2 Å². The Bertz CT molecular complexity index is 1000. The van der Waals surface area contributed by atoms with Crippen LogP contribution >= 0.6 is 0 Å². The Balaban J connectivity index is 1.92. The van der Waals surface area contributed by atoms with Gasteiger partial charge in [0, 0.05) is 12.1 Å². The van der Waals surface area contributed by atoms with E-state index in [1.807, 2.05) is 64.1 Å². The molecule has 3 rings (SSSR count). The highest BCUT2D eigenvalue weighted by molar-refractivity contribution is 6.36. The zero-order valence-corrected chi connectivity index (χ0v) is 20.3. The number of carbonyl (C=O) groups is 2. The van der Waals surface area contributed by atoms with E-state index in [1.165, 1.54) is 0 Å². The first kappa shape index (κ1) is 25.3. The highest BCUT2D eigenvalue weighted by atomic mass is 16.5. The van der Waals surface area contributed by atoms with Gasteiger partial charge in [0.2, 0.25) is 0 Å². The number of esters is 1. The molecule has 34 heavy (non-hydrogen) atoms. The molecule has 7 heteroatoms. The predicted octanol–water partition coefficient (Wildman–Crippen LogP) is 4.51. The van der Waals surface area contributed by atoms with Gasteiger partial charge in [0.05, 0.1) is 0 Å². The summed E-state index contributed by atoms with van der Waals surface area (Å²) < 4.78 is 5.81. The number of rotatable bonds is 11. The first-order valence-corrected chi connectivity index (χ1v) is 11.9. The van der Waals surface area contributed by atoms with Crippen LogP contribution in [0, 0.1) is 17.8 Å². The maximum absolute atomic E-state index is 13.2. The molecule has 1 amide bonds. The van der Waals surface area contributed by atoms with E-state index in [9.17, 15) is 15.1 Å². The van der Waals surface area contributed by atoms with E-state index in [2.05, 4.69) is 10.2 Å². The zero-order valence-electron chi connectivity index (χ0n) is 20.3. The molecular weight excluding hydrogens is 428 g/mol. The van der Waals surface area contributed by atoms with Crippen LogP contribution < -0.4 is 5.43 Å². The van der Waals surface area contributed by atoms with Crippen LogP contribution in [0.15, 0.2) is 60.7 Å². The van der Waals surface area contributed by atoms with Crippen molar-refractivity contribution in [1.82, 2.24) is 10.4 Å². The second-order valence-corrected chi connectivity index (χ2v) is 9.55. The van der Waals surface area contributed by atoms with Gasteiger partial charge in [-0.25, -0.2) is 9.80 Å². The summed E-state index contributed by atoms with van der Waals surface area (Å²) in [5.74, 6) is -0.661. The average molecular weight is 463 g/mol. The van der Waals surface area contributed by atoms with Crippen molar-refractivity contribution in [2.45, 2.75) is 59.2 Å². The van der Waals surface area contributed by atoms with E-state index in [4.69, 9.17) is 4.74 Å². The molecule has 1 aliphatic carbocycles. The molecule has 2 aromatic carbocycles. The number of nitrogens with one attached hydrogen (secondary N) is 1. The van der Waals surface area contributed by atoms with Crippen molar-refractivity contribution >= 4 is 17.6 Å². The number of ether oxygens (including phenoxy) is 1. The molecule has 1 saturated carbocycles. The standard InChI is InChI=1S/C27H34N4O3/c1-18(2)25(19(3)4)34-27(33)23(29-28)24(21-15-16-21)31(17-20-11-7-5-8-12-20)30-26(32)22-13-9-6-10-14-22/h5-14,18-19,21,24-25H,15-17H2,1-4H3,(H,30,32)/t24-/m1/s1. The van der Waals surface area contributed by atoms with Gasteiger partial charge in [0.1, 0.15) is 12.1 Å². The summed E-state index contributed by atoms with van der Waals surface area (Å²) in [5, 5.41) is 1.71. The molecule has 0 unspecified atom stereocenters. The van der Waals surface area contributed by atoms with Gasteiger partial charge < -0.3 is 10.3 Å². The van der Waals surface area contributed by atoms with E-state index >= 15 is 0 Å². The van der Waals surface area contributed by atoms with Gasteiger partial charge in [0.25, 0.3) is 5.91 Å². The van der Waals surface area contributed by atoms with E-state index in [0.717, 1.165) is 18.4 Å². The summed E-state index contributed by atoms with van der Waals surface area (Å²) in [5.41, 5.74) is 14.3. The van der Waals surface area contributed by atoms with E-state index in [1.54, 1.807) is 29.3 Å². The summed E-state index contributed by atoms with van der Waals surface area (Å²) in [6, 6.07) is 17.9. The maximum Gasteiger partial charge on any atom is 0.419 e. The zero-order chi connectivity index (χ0) is 24.7. The van der Waals surface area contributed by atoms with Crippen LogP contribution in [0.4, 0.5) is 0 Å². The lowest BCUT2D eigenvalue weighted by Crippen LogP contribution is -2.55. The molecular formula is C27H34N4O3. The van der Waals surface area contributed by atoms with Crippen LogP contribution in [-0.4, -0.2) is 39.5 Å². The Morgan fingerprint density at radius 1 is 1.00 bits per heavy atom. The van der Waals surface area contributed by atoms with Crippen molar-refractivity contribution in [2.75, 3.05) is 0 Å². The van der Waals surface area contributed by atoms with Gasteiger partial charge in [-0.15, -0.1) is 0 Å². The second-order valence-electron chi connectivity index (χ2n) is 9.55. The molecule has 1 aliphatic rings. The molecule has 1 atom stereocenters. The van der Waals surface area contributed by atoms with Gasteiger partial charge in [-0.2, -0.15) is 4.79 Å². The highest BCUT2D eigenvalue weighted by Gasteiger charge is 2.48.